The van der Waals surface area contributed by atoms with Gasteiger partial charge in [0.25, 0.3) is 17.7 Å². The number of halogens is 1. The van der Waals surface area contributed by atoms with Crippen LogP contribution >= 0.6 is 0 Å². The van der Waals surface area contributed by atoms with E-state index in [1.54, 1.807) is 108 Å². The summed E-state index contributed by atoms with van der Waals surface area (Å²) in [6, 6.07) is 19.4. The van der Waals surface area contributed by atoms with E-state index >= 15 is 0 Å². The van der Waals surface area contributed by atoms with Crippen molar-refractivity contribution in [1.82, 2.24) is 14.7 Å². The maximum absolute atomic E-state index is 14.4. The van der Waals surface area contributed by atoms with Crippen molar-refractivity contribution in [3.05, 3.63) is 107 Å². The number of rotatable bonds is 9. The first-order chi connectivity index (χ1) is 27.4. The molecular formula is C45H56FN3O9. The maximum atomic E-state index is 14.4. The van der Waals surface area contributed by atoms with Gasteiger partial charge in [-0.25, -0.2) is 18.8 Å². The van der Waals surface area contributed by atoms with Gasteiger partial charge in [-0.15, -0.1) is 0 Å². The molecule has 1 heterocycles. The van der Waals surface area contributed by atoms with Gasteiger partial charge in [-0.3, -0.25) is 14.4 Å². The molecule has 1 fully saturated rings. The first-order valence-electron chi connectivity index (χ1n) is 19.6. The van der Waals surface area contributed by atoms with Gasteiger partial charge >= 0.3 is 17.9 Å². The predicted octanol–water partition coefficient (Wildman–Crippen LogP) is 5.05. The van der Waals surface area contributed by atoms with Crippen LogP contribution < -0.4 is 0 Å². The largest absolute Gasteiger partial charge is 0.450 e. The molecule has 0 saturated carbocycles. The maximum Gasteiger partial charge on any atom is 0.329 e. The Kier molecular flexibility index (Phi) is 15.7. The third kappa shape index (κ3) is 11.3. The number of ether oxygens (including phenoxy) is 3. The minimum absolute atomic E-state index is 0.00545. The van der Waals surface area contributed by atoms with Gasteiger partial charge in [0.15, 0.2) is 18.3 Å². The van der Waals surface area contributed by atoms with E-state index in [2.05, 4.69) is 0 Å². The predicted molar refractivity (Wildman–Crippen MR) is 214 cm³/mol. The molecule has 12 nitrogen and oxygen atoms in total. The van der Waals surface area contributed by atoms with Crippen LogP contribution in [0.3, 0.4) is 0 Å². The van der Waals surface area contributed by atoms with E-state index in [0.717, 1.165) is 9.80 Å². The van der Waals surface area contributed by atoms with E-state index < -0.39 is 95.6 Å². The molecule has 4 rings (SSSR count). The zero-order chi connectivity index (χ0) is 42.8. The van der Waals surface area contributed by atoms with Crippen molar-refractivity contribution < 1.29 is 47.4 Å². The van der Waals surface area contributed by atoms with Crippen LogP contribution in [0.25, 0.3) is 0 Å². The number of cyclic esters (lactones) is 3. The molecule has 3 aromatic carbocycles. The Hall–Kier alpha value is -5.59. The molecule has 1 saturated heterocycles. The van der Waals surface area contributed by atoms with Crippen LogP contribution in [-0.4, -0.2) is 108 Å². The summed E-state index contributed by atoms with van der Waals surface area (Å²) >= 11 is 0. The summed E-state index contributed by atoms with van der Waals surface area (Å²) in [6.07, 6.45) is -4.48. The van der Waals surface area contributed by atoms with E-state index in [4.69, 9.17) is 14.2 Å². The standard InChI is InChI=1S/C45H56FN3O9/c1-27(2)37-40(50)47(7)35(25-31-19-14-11-15-20-31)44(54)57-39(29(5)6)42(52)49(9)36(26-32-21-16-22-33(46)23-32)45(55)58-38(28(3)4)41(51)48(8)34(43(53)56-37)24-30-17-12-10-13-18-30/h10-23,27-29,34-39H,24-26H2,1-9H3/t34-,35-,36-,37+,38+,39+/m0/s1. The van der Waals surface area contributed by atoms with Crippen LogP contribution in [0.15, 0.2) is 84.9 Å². The third-order valence-corrected chi connectivity index (χ3v) is 10.4. The summed E-state index contributed by atoms with van der Waals surface area (Å²) in [5.41, 5.74) is 1.74. The van der Waals surface area contributed by atoms with Crippen molar-refractivity contribution in [3.8, 4) is 0 Å². The Labute approximate surface area is 340 Å². The van der Waals surface area contributed by atoms with Crippen LogP contribution in [-0.2, 0) is 62.2 Å². The number of amides is 3. The summed E-state index contributed by atoms with van der Waals surface area (Å²) < 4.78 is 32.4. The fourth-order valence-electron chi connectivity index (χ4n) is 6.79. The Morgan fingerprint density at radius 1 is 0.466 bits per heavy atom. The number of nitrogens with zero attached hydrogens (tertiary/aromatic N) is 3. The molecule has 0 spiro atoms. The Balaban J connectivity index is 1.89. The second-order valence-corrected chi connectivity index (χ2v) is 15.9. The van der Waals surface area contributed by atoms with Crippen molar-refractivity contribution in [2.24, 2.45) is 17.8 Å². The second kappa shape index (κ2) is 20.2. The molecule has 13 heteroatoms. The fourth-order valence-corrected chi connectivity index (χ4v) is 6.79. The van der Waals surface area contributed by atoms with Crippen LogP contribution in [0, 0.1) is 23.6 Å². The lowest BCUT2D eigenvalue weighted by molar-refractivity contribution is -0.179. The highest BCUT2D eigenvalue weighted by Gasteiger charge is 2.44. The molecular weight excluding hydrogens is 746 g/mol. The van der Waals surface area contributed by atoms with Gasteiger partial charge in [0, 0.05) is 40.4 Å². The van der Waals surface area contributed by atoms with Crippen molar-refractivity contribution >= 4 is 35.6 Å². The molecule has 0 N–H and O–H groups in total. The van der Waals surface area contributed by atoms with Crippen LogP contribution in [0.4, 0.5) is 4.39 Å². The number of benzene rings is 3. The lowest BCUT2D eigenvalue weighted by Gasteiger charge is -2.37. The highest BCUT2D eigenvalue weighted by molar-refractivity contribution is 5.94. The highest BCUT2D eigenvalue weighted by atomic mass is 19.1. The summed E-state index contributed by atoms with van der Waals surface area (Å²) in [4.78, 5) is 89.7. The highest BCUT2D eigenvalue weighted by Crippen LogP contribution is 2.24. The minimum atomic E-state index is -1.44. The van der Waals surface area contributed by atoms with E-state index in [1.807, 2.05) is 0 Å². The van der Waals surface area contributed by atoms with Gasteiger partial charge in [-0.2, -0.15) is 0 Å². The molecule has 0 bridgehead atoms. The Morgan fingerprint density at radius 2 is 0.759 bits per heavy atom. The van der Waals surface area contributed by atoms with Gasteiger partial charge in [-0.1, -0.05) is 114 Å². The first-order valence-corrected chi connectivity index (χ1v) is 19.6. The summed E-state index contributed by atoms with van der Waals surface area (Å²) in [5.74, 6) is -7.28. The fraction of sp³-hybridized carbons (Fsp3) is 0.467. The first kappa shape index (κ1) is 45.1. The summed E-state index contributed by atoms with van der Waals surface area (Å²) in [6.45, 7) is 10.1. The van der Waals surface area contributed by atoms with Crippen molar-refractivity contribution in [1.29, 1.82) is 0 Å². The molecule has 0 aromatic heterocycles. The monoisotopic (exact) mass is 801 g/mol. The molecule has 0 radical (unpaired) electrons. The van der Waals surface area contributed by atoms with Gasteiger partial charge in [-0.05, 0) is 46.6 Å². The minimum Gasteiger partial charge on any atom is -0.450 e. The average molecular weight is 802 g/mol. The topological polar surface area (TPSA) is 140 Å². The molecule has 3 aromatic rings. The number of hydrogen-bond donors (Lipinski definition) is 0. The molecule has 0 aliphatic carbocycles. The number of carbonyl (C=O) groups excluding carboxylic acids is 6. The molecule has 6 atom stereocenters. The Bertz CT molecular complexity index is 1860. The van der Waals surface area contributed by atoms with Gasteiger partial charge in [0.05, 0.1) is 0 Å². The van der Waals surface area contributed by atoms with Gasteiger partial charge < -0.3 is 28.9 Å². The van der Waals surface area contributed by atoms with E-state index in [-0.39, 0.29) is 19.3 Å². The van der Waals surface area contributed by atoms with Gasteiger partial charge in [0.1, 0.15) is 23.9 Å². The van der Waals surface area contributed by atoms with Crippen LogP contribution in [0.2, 0.25) is 0 Å². The second-order valence-electron chi connectivity index (χ2n) is 15.9. The lowest BCUT2D eigenvalue weighted by Crippen LogP contribution is -2.56. The molecule has 1 aliphatic rings. The molecule has 58 heavy (non-hydrogen) atoms. The van der Waals surface area contributed by atoms with E-state index in [9.17, 15) is 33.2 Å². The Morgan fingerprint density at radius 3 is 1.05 bits per heavy atom. The zero-order valence-corrected chi connectivity index (χ0v) is 34.8. The summed E-state index contributed by atoms with van der Waals surface area (Å²) in [7, 11) is 4.16. The SMILES string of the molecule is CC(C)[C@H]1OC(=O)[C@H](Cc2cccc(F)c2)N(C)C(=O)[C@@H](C(C)C)OC(=O)[C@H](Cc2ccccc2)N(C)C(=O)[C@@H](C(C)C)OC(=O)[C@H](Cc2ccccc2)N(C)C1=O. The van der Waals surface area contributed by atoms with Crippen molar-refractivity contribution in [2.45, 2.75) is 97.2 Å². The molecule has 0 unspecified atom stereocenters. The third-order valence-electron chi connectivity index (χ3n) is 10.4. The van der Waals surface area contributed by atoms with E-state index in [1.165, 1.54) is 44.2 Å². The number of esters is 3. The van der Waals surface area contributed by atoms with Gasteiger partial charge in [0.2, 0.25) is 0 Å². The normalized spacial score (nSPS) is 23.5. The number of likely N-dealkylation sites (N-methyl/N-ethyl adjacent to an activating group) is 3. The average Bonchev–Trinajstić information content (AvgIpc) is 3.19. The van der Waals surface area contributed by atoms with E-state index in [0.29, 0.717) is 16.7 Å². The van der Waals surface area contributed by atoms with Crippen LogP contribution in [0.1, 0.15) is 58.2 Å². The zero-order valence-electron chi connectivity index (χ0n) is 34.8. The lowest BCUT2D eigenvalue weighted by atomic mass is 9.99. The van der Waals surface area contributed by atoms with Crippen molar-refractivity contribution in [3.63, 3.8) is 0 Å². The smallest absolute Gasteiger partial charge is 0.329 e. The van der Waals surface area contributed by atoms with Crippen molar-refractivity contribution in [2.75, 3.05) is 21.1 Å². The number of hydrogen-bond acceptors (Lipinski definition) is 9. The molecule has 3 amide bonds. The molecule has 1 aliphatic heterocycles. The quantitative estimate of drug-likeness (QED) is 0.215. The summed E-state index contributed by atoms with van der Waals surface area (Å²) in [5, 5.41) is 0. The number of carbonyl (C=O) groups is 6. The molecule has 312 valence electrons. The van der Waals surface area contributed by atoms with Crippen LogP contribution in [0.5, 0.6) is 0 Å².